The Morgan fingerprint density at radius 1 is 1.17 bits per heavy atom. The van der Waals surface area contributed by atoms with Gasteiger partial charge in [0.25, 0.3) is 0 Å². The maximum Gasteiger partial charge on any atom is 0.0306 e. The Morgan fingerprint density at radius 3 is 2.44 bits per heavy atom. The summed E-state index contributed by atoms with van der Waals surface area (Å²) >= 11 is 3.46. The van der Waals surface area contributed by atoms with E-state index >= 15 is 0 Å². The van der Waals surface area contributed by atoms with Crippen LogP contribution in [-0.2, 0) is 0 Å². The fraction of sp³-hybridized carbons (Fsp3) is 0.267. The largest absolute Gasteiger partial charge is 0.328 e. The molecule has 1 aromatic carbocycles. The van der Waals surface area contributed by atoms with E-state index in [2.05, 4.69) is 51.2 Å². The molecule has 3 heteroatoms. The smallest absolute Gasteiger partial charge is 0.0306 e. The Labute approximate surface area is 116 Å². The van der Waals surface area contributed by atoms with E-state index in [1.54, 1.807) is 6.20 Å². The number of halogens is 1. The Kier molecular flexibility index (Phi) is 4.50. The summed E-state index contributed by atoms with van der Waals surface area (Å²) in [6.45, 7) is 2.04. The van der Waals surface area contributed by atoms with Gasteiger partial charge in [0.2, 0.25) is 0 Å². The Hall–Kier alpha value is -1.19. The molecule has 18 heavy (non-hydrogen) atoms. The van der Waals surface area contributed by atoms with Crippen molar-refractivity contribution in [1.82, 2.24) is 4.98 Å². The average molecular weight is 305 g/mol. The minimum absolute atomic E-state index is 0.166. The summed E-state index contributed by atoms with van der Waals surface area (Å²) < 4.78 is 1.09. The molecule has 0 saturated heterocycles. The molecule has 2 atom stereocenters. The summed E-state index contributed by atoms with van der Waals surface area (Å²) in [5, 5.41) is 0. The van der Waals surface area contributed by atoms with Crippen molar-refractivity contribution in [3.8, 4) is 0 Å². The van der Waals surface area contributed by atoms with Crippen molar-refractivity contribution < 1.29 is 0 Å². The predicted molar refractivity (Wildman–Crippen MR) is 78.5 cm³/mol. The van der Waals surface area contributed by atoms with Crippen molar-refractivity contribution in [2.24, 2.45) is 5.73 Å². The van der Waals surface area contributed by atoms with Crippen LogP contribution >= 0.6 is 15.9 Å². The van der Waals surface area contributed by atoms with Crippen molar-refractivity contribution >= 4 is 15.9 Å². The van der Waals surface area contributed by atoms with E-state index in [9.17, 15) is 0 Å². The minimum Gasteiger partial charge on any atom is -0.328 e. The van der Waals surface area contributed by atoms with Crippen molar-refractivity contribution in [3.05, 3.63) is 64.4 Å². The standard InChI is InChI=1S/C15H17BrN2/c1-11(17)9-15(13-3-2-8-18-10-13)12-4-6-14(16)7-5-12/h2-8,10-11,15H,9,17H2,1H3. The van der Waals surface area contributed by atoms with E-state index in [4.69, 9.17) is 5.73 Å². The van der Waals surface area contributed by atoms with Gasteiger partial charge in [-0.2, -0.15) is 0 Å². The lowest BCUT2D eigenvalue weighted by molar-refractivity contribution is 0.607. The fourth-order valence-electron chi connectivity index (χ4n) is 2.11. The highest BCUT2D eigenvalue weighted by atomic mass is 79.9. The van der Waals surface area contributed by atoms with Crippen LogP contribution in [-0.4, -0.2) is 11.0 Å². The van der Waals surface area contributed by atoms with Crippen LogP contribution in [0.3, 0.4) is 0 Å². The summed E-state index contributed by atoms with van der Waals surface area (Å²) in [4.78, 5) is 4.21. The van der Waals surface area contributed by atoms with Gasteiger partial charge in [-0.25, -0.2) is 0 Å². The molecule has 2 rings (SSSR count). The number of nitrogens with two attached hydrogens (primary N) is 1. The zero-order valence-electron chi connectivity index (χ0n) is 10.4. The highest BCUT2D eigenvalue weighted by Gasteiger charge is 2.15. The molecule has 0 amide bonds. The first-order valence-corrected chi connectivity index (χ1v) is 6.87. The second kappa shape index (κ2) is 6.12. The molecule has 2 aromatic rings. The topological polar surface area (TPSA) is 38.9 Å². The number of hydrogen-bond donors (Lipinski definition) is 1. The van der Waals surface area contributed by atoms with Crippen LogP contribution < -0.4 is 5.73 Å². The van der Waals surface area contributed by atoms with Gasteiger partial charge in [0.05, 0.1) is 0 Å². The molecular formula is C15H17BrN2. The minimum atomic E-state index is 0.166. The fourth-order valence-corrected chi connectivity index (χ4v) is 2.38. The molecule has 0 fully saturated rings. The van der Waals surface area contributed by atoms with Crippen LogP contribution in [0.1, 0.15) is 30.4 Å². The molecule has 2 nitrogen and oxygen atoms in total. The molecule has 1 aromatic heterocycles. The van der Waals surface area contributed by atoms with Crippen LogP contribution in [0, 0.1) is 0 Å². The van der Waals surface area contributed by atoms with Crippen LogP contribution in [0.4, 0.5) is 0 Å². The van der Waals surface area contributed by atoms with Crippen molar-refractivity contribution in [1.29, 1.82) is 0 Å². The number of aromatic nitrogens is 1. The van der Waals surface area contributed by atoms with E-state index in [1.165, 1.54) is 11.1 Å². The monoisotopic (exact) mass is 304 g/mol. The van der Waals surface area contributed by atoms with Gasteiger partial charge >= 0.3 is 0 Å². The second-order valence-electron chi connectivity index (χ2n) is 4.60. The van der Waals surface area contributed by atoms with Gasteiger partial charge in [-0.15, -0.1) is 0 Å². The van der Waals surface area contributed by atoms with Gasteiger partial charge in [-0.05, 0) is 42.7 Å². The molecule has 2 N–H and O–H groups in total. The number of pyridine rings is 1. The summed E-state index contributed by atoms with van der Waals surface area (Å²) in [5.41, 5.74) is 8.47. The van der Waals surface area contributed by atoms with Gasteiger partial charge in [-0.3, -0.25) is 4.98 Å². The van der Waals surface area contributed by atoms with Gasteiger partial charge in [0, 0.05) is 28.8 Å². The highest BCUT2D eigenvalue weighted by molar-refractivity contribution is 9.10. The second-order valence-corrected chi connectivity index (χ2v) is 5.52. The third-order valence-electron chi connectivity index (χ3n) is 2.97. The zero-order valence-corrected chi connectivity index (χ0v) is 12.0. The number of rotatable bonds is 4. The van der Waals surface area contributed by atoms with E-state index in [0.717, 1.165) is 10.9 Å². The molecule has 0 spiro atoms. The zero-order chi connectivity index (χ0) is 13.0. The van der Waals surface area contributed by atoms with Crippen molar-refractivity contribution in [2.45, 2.75) is 25.3 Å². The third kappa shape index (κ3) is 3.40. The maximum absolute atomic E-state index is 5.97. The first kappa shape index (κ1) is 13.2. The third-order valence-corrected chi connectivity index (χ3v) is 3.50. The molecule has 0 aliphatic rings. The Balaban J connectivity index is 2.33. The van der Waals surface area contributed by atoms with Crippen LogP contribution in [0.2, 0.25) is 0 Å². The lowest BCUT2D eigenvalue weighted by atomic mass is 9.87. The number of nitrogens with zero attached hydrogens (tertiary/aromatic N) is 1. The normalized spacial score (nSPS) is 14.2. The van der Waals surface area contributed by atoms with Crippen LogP contribution in [0.15, 0.2) is 53.3 Å². The highest BCUT2D eigenvalue weighted by Crippen LogP contribution is 2.29. The van der Waals surface area contributed by atoms with E-state index in [1.807, 2.05) is 19.2 Å². The molecule has 0 saturated carbocycles. The lowest BCUT2D eigenvalue weighted by Crippen LogP contribution is -2.19. The summed E-state index contributed by atoms with van der Waals surface area (Å²) in [7, 11) is 0. The van der Waals surface area contributed by atoms with Gasteiger partial charge in [0.15, 0.2) is 0 Å². The maximum atomic E-state index is 5.97. The van der Waals surface area contributed by atoms with Crippen LogP contribution in [0.5, 0.6) is 0 Å². The first-order valence-electron chi connectivity index (χ1n) is 6.08. The van der Waals surface area contributed by atoms with Crippen molar-refractivity contribution in [2.75, 3.05) is 0 Å². The molecular weight excluding hydrogens is 288 g/mol. The van der Waals surface area contributed by atoms with E-state index in [-0.39, 0.29) is 6.04 Å². The SMILES string of the molecule is CC(N)CC(c1ccc(Br)cc1)c1cccnc1. The average Bonchev–Trinajstić information content (AvgIpc) is 2.38. The lowest BCUT2D eigenvalue weighted by Gasteiger charge is -2.19. The summed E-state index contributed by atoms with van der Waals surface area (Å²) in [6, 6.07) is 12.7. The van der Waals surface area contributed by atoms with E-state index < -0.39 is 0 Å². The summed E-state index contributed by atoms with van der Waals surface area (Å²) in [6.07, 6.45) is 4.65. The number of hydrogen-bond acceptors (Lipinski definition) is 2. The predicted octanol–water partition coefficient (Wildman–Crippen LogP) is 3.71. The van der Waals surface area contributed by atoms with Gasteiger partial charge in [-0.1, -0.05) is 34.1 Å². The molecule has 1 heterocycles. The van der Waals surface area contributed by atoms with Gasteiger partial charge in [0.1, 0.15) is 0 Å². The molecule has 2 unspecified atom stereocenters. The number of benzene rings is 1. The molecule has 0 bridgehead atoms. The quantitative estimate of drug-likeness (QED) is 0.935. The molecule has 0 aliphatic heterocycles. The molecule has 94 valence electrons. The Morgan fingerprint density at radius 2 is 1.89 bits per heavy atom. The Bertz CT molecular complexity index is 480. The van der Waals surface area contributed by atoms with Crippen LogP contribution in [0.25, 0.3) is 0 Å². The first-order chi connectivity index (χ1) is 8.66. The van der Waals surface area contributed by atoms with Crippen molar-refractivity contribution in [3.63, 3.8) is 0 Å². The van der Waals surface area contributed by atoms with Gasteiger partial charge < -0.3 is 5.73 Å². The summed E-state index contributed by atoms with van der Waals surface area (Å²) in [5.74, 6) is 0.312. The molecule has 0 aliphatic carbocycles. The molecule has 0 radical (unpaired) electrons. The van der Waals surface area contributed by atoms with E-state index in [0.29, 0.717) is 5.92 Å².